The monoisotopic (exact) mass is 375 g/mol. The molecule has 0 aromatic heterocycles. The number of carbonyl (C=O) groups excluding carboxylic acids is 1. The molecule has 1 aromatic carbocycles. The maximum Gasteiger partial charge on any atom is 0.309 e. The molecule has 2 atom stereocenters. The summed E-state index contributed by atoms with van der Waals surface area (Å²) in [6.45, 7) is 4.52. The van der Waals surface area contributed by atoms with Crippen LogP contribution in [0.15, 0.2) is 24.3 Å². The van der Waals surface area contributed by atoms with Crippen LogP contribution in [0.4, 0.5) is 0 Å². The lowest BCUT2D eigenvalue weighted by molar-refractivity contribution is -0.146. The molecule has 2 aliphatic heterocycles. The highest BCUT2D eigenvalue weighted by Crippen LogP contribution is 2.33. The average Bonchev–Trinajstić information content (AvgIpc) is 3.18. The van der Waals surface area contributed by atoms with Crippen molar-refractivity contribution in [3.8, 4) is 5.75 Å². The topological polar surface area (TPSA) is 76.1 Å². The molecule has 1 aromatic rings. The molecule has 148 valence electrons. The molecule has 2 aliphatic rings. The summed E-state index contributed by atoms with van der Waals surface area (Å²) >= 11 is 0. The zero-order valence-electron chi connectivity index (χ0n) is 15.9. The van der Waals surface area contributed by atoms with Gasteiger partial charge in [-0.1, -0.05) is 12.1 Å². The molecule has 6 heteroatoms. The van der Waals surface area contributed by atoms with Crippen LogP contribution >= 0.6 is 0 Å². The van der Waals surface area contributed by atoms with Crippen molar-refractivity contribution in [3.05, 3.63) is 29.8 Å². The predicted octanol–water partition coefficient (Wildman–Crippen LogP) is 2.75. The summed E-state index contributed by atoms with van der Waals surface area (Å²) in [6.07, 6.45) is 3.27. The molecule has 1 unspecified atom stereocenters. The maximum absolute atomic E-state index is 12.5. The molecule has 3 rings (SSSR count). The van der Waals surface area contributed by atoms with E-state index in [1.807, 2.05) is 36.1 Å². The quantitative estimate of drug-likeness (QED) is 0.793. The van der Waals surface area contributed by atoms with Gasteiger partial charge in [0.25, 0.3) is 0 Å². The smallest absolute Gasteiger partial charge is 0.309 e. The van der Waals surface area contributed by atoms with Gasteiger partial charge in [0.15, 0.2) is 0 Å². The van der Waals surface area contributed by atoms with Crippen LogP contribution in [-0.2, 0) is 20.7 Å². The normalized spacial score (nSPS) is 23.4. The van der Waals surface area contributed by atoms with Gasteiger partial charge < -0.3 is 19.5 Å². The molecule has 0 aliphatic carbocycles. The maximum atomic E-state index is 12.5. The first-order valence-corrected chi connectivity index (χ1v) is 9.92. The third kappa shape index (κ3) is 5.01. The number of aliphatic carboxylic acids is 1. The number of likely N-dealkylation sites (tertiary alicyclic amines) is 1. The molecule has 0 spiro atoms. The van der Waals surface area contributed by atoms with Crippen LogP contribution in [0.2, 0.25) is 0 Å². The van der Waals surface area contributed by atoms with Crippen LogP contribution in [0, 0.1) is 11.8 Å². The highest BCUT2D eigenvalue weighted by Gasteiger charge is 2.40. The second-order valence-corrected chi connectivity index (χ2v) is 7.36. The van der Waals surface area contributed by atoms with Gasteiger partial charge in [-0.15, -0.1) is 0 Å². The van der Waals surface area contributed by atoms with Gasteiger partial charge in [0.05, 0.1) is 18.6 Å². The number of benzene rings is 1. The van der Waals surface area contributed by atoms with Crippen molar-refractivity contribution in [2.45, 2.75) is 45.1 Å². The van der Waals surface area contributed by atoms with Crippen molar-refractivity contribution in [1.29, 1.82) is 0 Å². The highest BCUT2D eigenvalue weighted by atomic mass is 16.5. The minimum absolute atomic E-state index is 0.171. The number of ether oxygens (including phenoxy) is 2. The lowest BCUT2D eigenvalue weighted by Crippen LogP contribution is -2.43. The number of carboxylic acid groups (broad SMARTS) is 1. The summed E-state index contributed by atoms with van der Waals surface area (Å²) < 4.78 is 11.1. The Labute approximate surface area is 160 Å². The number of carboxylic acids is 1. The van der Waals surface area contributed by atoms with E-state index in [0.29, 0.717) is 39.1 Å². The van der Waals surface area contributed by atoms with Gasteiger partial charge in [-0.2, -0.15) is 0 Å². The minimum Gasteiger partial charge on any atom is -0.494 e. The summed E-state index contributed by atoms with van der Waals surface area (Å²) in [6, 6.07) is 7.90. The molecule has 1 amide bonds. The third-order valence-electron chi connectivity index (χ3n) is 5.67. The summed E-state index contributed by atoms with van der Waals surface area (Å²) in [5.74, 6) is 0.111. The number of rotatable bonds is 7. The number of nitrogens with zero attached hydrogens (tertiary/aromatic N) is 1. The molecule has 27 heavy (non-hydrogen) atoms. The molecule has 1 N–H and O–H groups in total. The second kappa shape index (κ2) is 9.22. The van der Waals surface area contributed by atoms with Crippen molar-refractivity contribution in [2.24, 2.45) is 11.8 Å². The Morgan fingerprint density at radius 1 is 1.19 bits per heavy atom. The molecular formula is C21H29NO5. The van der Waals surface area contributed by atoms with E-state index in [0.717, 1.165) is 30.6 Å². The van der Waals surface area contributed by atoms with Crippen LogP contribution in [0.5, 0.6) is 5.75 Å². The fourth-order valence-corrected chi connectivity index (χ4v) is 4.15. The number of hydrogen-bond donors (Lipinski definition) is 1. The van der Waals surface area contributed by atoms with Crippen molar-refractivity contribution >= 4 is 11.9 Å². The second-order valence-electron chi connectivity index (χ2n) is 7.36. The number of hydrogen-bond acceptors (Lipinski definition) is 4. The summed E-state index contributed by atoms with van der Waals surface area (Å²) in [4.78, 5) is 25.8. The van der Waals surface area contributed by atoms with Crippen LogP contribution in [-0.4, -0.2) is 54.3 Å². The first-order valence-electron chi connectivity index (χ1n) is 9.92. The van der Waals surface area contributed by atoms with E-state index >= 15 is 0 Å². The van der Waals surface area contributed by atoms with E-state index in [2.05, 4.69) is 0 Å². The standard InChI is InChI=1S/C21H29NO5/c1-2-26-17-6-3-15(4-7-17)5-8-19(23)22-12-9-16(10-13-22)20-18(21(24)25)11-14-27-20/h3-4,6-7,16,18,20H,2,5,8-14H2,1H3,(H,24,25)/t18?,20-/m0/s1. The highest BCUT2D eigenvalue weighted by molar-refractivity contribution is 5.76. The zero-order chi connectivity index (χ0) is 19.2. The molecule has 6 nitrogen and oxygen atoms in total. The zero-order valence-corrected chi connectivity index (χ0v) is 15.9. The van der Waals surface area contributed by atoms with Crippen LogP contribution in [0.3, 0.4) is 0 Å². The first kappa shape index (κ1) is 19.7. The van der Waals surface area contributed by atoms with Crippen LogP contribution in [0.25, 0.3) is 0 Å². The molecule has 0 radical (unpaired) electrons. The van der Waals surface area contributed by atoms with Gasteiger partial charge >= 0.3 is 5.97 Å². The van der Waals surface area contributed by atoms with Crippen molar-refractivity contribution in [2.75, 3.05) is 26.3 Å². The average molecular weight is 375 g/mol. The minimum atomic E-state index is -0.758. The Kier molecular flexibility index (Phi) is 6.72. The summed E-state index contributed by atoms with van der Waals surface area (Å²) in [5, 5.41) is 9.33. The number of piperidine rings is 1. The van der Waals surface area contributed by atoms with Gasteiger partial charge in [0.1, 0.15) is 5.75 Å². The van der Waals surface area contributed by atoms with E-state index in [1.165, 1.54) is 0 Å². The number of aryl methyl sites for hydroxylation is 1. The fraction of sp³-hybridized carbons (Fsp3) is 0.619. The van der Waals surface area contributed by atoms with Gasteiger partial charge in [-0.3, -0.25) is 9.59 Å². The SMILES string of the molecule is CCOc1ccc(CCC(=O)N2CCC([C@@H]3OCCC3C(=O)O)CC2)cc1. The van der Waals surface area contributed by atoms with E-state index in [4.69, 9.17) is 9.47 Å². The largest absolute Gasteiger partial charge is 0.494 e. The molecule has 0 saturated carbocycles. The number of carbonyl (C=O) groups is 2. The van der Waals surface area contributed by atoms with E-state index in [-0.39, 0.29) is 17.9 Å². The lowest BCUT2D eigenvalue weighted by atomic mass is 9.84. The third-order valence-corrected chi connectivity index (χ3v) is 5.67. The van der Waals surface area contributed by atoms with Crippen LogP contribution in [0.1, 0.15) is 38.2 Å². The number of amides is 1. The molecule has 2 saturated heterocycles. The van der Waals surface area contributed by atoms with E-state index < -0.39 is 11.9 Å². The van der Waals surface area contributed by atoms with Gasteiger partial charge in [-0.05, 0) is 56.2 Å². The fourth-order valence-electron chi connectivity index (χ4n) is 4.15. The van der Waals surface area contributed by atoms with E-state index in [1.54, 1.807) is 0 Å². The van der Waals surface area contributed by atoms with Crippen molar-refractivity contribution < 1.29 is 24.2 Å². The Bertz CT molecular complexity index is 636. The Morgan fingerprint density at radius 2 is 1.89 bits per heavy atom. The van der Waals surface area contributed by atoms with Gasteiger partial charge in [0.2, 0.25) is 5.91 Å². The molecule has 0 bridgehead atoms. The van der Waals surface area contributed by atoms with Gasteiger partial charge in [0, 0.05) is 26.1 Å². The molecule has 2 heterocycles. The van der Waals surface area contributed by atoms with Crippen LogP contribution < -0.4 is 4.74 Å². The Morgan fingerprint density at radius 3 is 2.52 bits per heavy atom. The molecular weight excluding hydrogens is 346 g/mol. The Hall–Kier alpha value is -2.08. The summed E-state index contributed by atoms with van der Waals surface area (Å²) in [5.41, 5.74) is 1.13. The van der Waals surface area contributed by atoms with E-state index in [9.17, 15) is 14.7 Å². The lowest BCUT2D eigenvalue weighted by Gasteiger charge is -2.35. The predicted molar refractivity (Wildman–Crippen MR) is 101 cm³/mol. The first-order chi connectivity index (χ1) is 13.1. The van der Waals surface area contributed by atoms with Gasteiger partial charge in [-0.25, -0.2) is 0 Å². The van der Waals surface area contributed by atoms with Crippen molar-refractivity contribution in [1.82, 2.24) is 4.90 Å². The van der Waals surface area contributed by atoms with Crippen molar-refractivity contribution in [3.63, 3.8) is 0 Å². The molecule has 2 fully saturated rings. The Balaban J connectivity index is 1.44. The summed E-state index contributed by atoms with van der Waals surface area (Å²) in [7, 11) is 0.